The maximum Gasteiger partial charge on any atom is 0.273 e. The number of carbonyl (C=O) groups is 1. The Morgan fingerprint density at radius 2 is 2.38 bits per heavy atom. The van der Waals surface area contributed by atoms with Gasteiger partial charge in [0.15, 0.2) is 0 Å². The summed E-state index contributed by atoms with van der Waals surface area (Å²) in [6, 6.07) is 3.48. The second-order valence-electron chi connectivity index (χ2n) is 3.29. The normalized spacial score (nSPS) is 9.56. The van der Waals surface area contributed by atoms with Crippen LogP contribution >= 0.6 is 15.9 Å². The van der Waals surface area contributed by atoms with Gasteiger partial charge in [-0.15, -0.1) is 6.42 Å². The molecule has 0 fully saturated rings. The van der Waals surface area contributed by atoms with Gasteiger partial charge in [0.1, 0.15) is 5.69 Å². The summed E-state index contributed by atoms with van der Waals surface area (Å²) < 4.78 is 0.850. The maximum absolute atomic E-state index is 12.0. The molecule has 0 aromatic carbocycles. The number of amides is 1. The van der Waals surface area contributed by atoms with Crippen LogP contribution in [-0.4, -0.2) is 28.9 Å². The Morgan fingerprint density at radius 1 is 1.62 bits per heavy atom. The molecule has 1 aromatic heterocycles. The Bertz CT molecular complexity index is 394. The summed E-state index contributed by atoms with van der Waals surface area (Å²) in [7, 11) is 0. The lowest BCUT2D eigenvalue weighted by Gasteiger charge is -2.18. The molecule has 4 heteroatoms. The van der Waals surface area contributed by atoms with Gasteiger partial charge in [0.2, 0.25) is 0 Å². The van der Waals surface area contributed by atoms with E-state index in [9.17, 15) is 4.79 Å². The molecule has 0 unspecified atom stereocenters. The summed E-state index contributed by atoms with van der Waals surface area (Å²) in [4.78, 5) is 17.7. The van der Waals surface area contributed by atoms with Crippen molar-refractivity contribution in [1.82, 2.24) is 9.88 Å². The summed E-state index contributed by atoms with van der Waals surface area (Å²) in [6.45, 7) is 2.98. The van der Waals surface area contributed by atoms with Gasteiger partial charge in [-0.1, -0.05) is 12.8 Å². The van der Waals surface area contributed by atoms with E-state index in [1.807, 2.05) is 6.92 Å². The Labute approximate surface area is 104 Å². The van der Waals surface area contributed by atoms with Gasteiger partial charge in [-0.2, -0.15) is 0 Å². The predicted molar refractivity (Wildman–Crippen MR) is 67.0 cm³/mol. The largest absolute Gasteiger partial charge is 0.326 e. The smallest absolute Gasteiger partial charge is 0.273 e. The second-order valence-corrected chi connectivity index (χ2v) is 4.21. The summed E-state index contributed by atoms with van der Waals surface area (Å²) in [5.41, 5.74) is 0.423. The van der Waals surface area contributed by atoms with Crippen LogP contribution in [0.3, 0.4) is 0 Å². The van der Waals surface area contributed by atoms with E-state index in [4.69, 9.17) is 6.42 Å². The third-order valence-corrected chi connectivity index (χ3v) is 2.48. The van der Waals surface area contributed by atoms with Crippen molar-refractivity contribution in [3.63, 3.8) is 0 Å². The molecule has 0 saturated heterocycles. The molecule has 1 rings (SSSR count). The minimum Gasteiger partial charge on any atom is -0.326 e. The Hall–Kier alpha value is -1.34. The molecule has 1 heterocycles. The molecule has 16 heavy (non-hydrogen) atoms. The average Bonchev–Trinajstić information content (AvgIpc) is 2.29. The minimum atomic E-state index is -0.118. The number of carbonyl (C=O) groups excluding carboxylic acids is 1. The van der Waals surface area contributed by atoms with Gasteiger partial charge in [0, 0.05) is 17.2 Å². The quantitative estimate of drug-likeness (QED) is 0.794. The zero-order valence-corrected chi connectivity index (χ0v) is 10.7. The molecule has 0 saturated carbocycles. The van der Waals surface area contributed by atoms with E-state index in [2.05, 4.69) is 26.8 Å². The Balaban J connectivity index is 2.82. The fraction of sp³-hybridized carbons (Fsp3) is 0.333. The number of halogens is 1. The van der Waals surface area contributed by atoms with Crippen LogP contribution in [-0.2, 0) is 0 Å². The summed E-state index contributed by atoms with van der Waals surface area (Å²) in [6.07, 6.45) is 7.71. The lowest BCUT2D eigenvalue weighted by molar-refractivity contribution is 0.0771. The van der Waals surface area contributed by atoms with Crippen LogP contribution in [0.25, 0.3) is 0 Å². The van der Waals surface area contributed by atoms with Crippen molar-refractivity contribution < 1.29 is 4.79 Å². The van der Waals surface area contributed by atoms with Crippen LogP contribution in [0.2, 0.25) is 0 Å². The standard InChI is InChI=1S/C12H13BrN2O/c1-3-7-15(8-4-2)12(16)11-6-5-10(13)9-14-11/h1,5-6,9H,4,7-8H2,2H3. The number of hydrogen-bond donors (Lipinski definition) is 0. The van der Waals surface area contributed by atoms with E-state index in [0.717, 1.165) is 10.9 Å². The van der Waals surface area contributed by atoms with Crippen molar-refractivity contribution in [2.24, 2.45) is 0 Å². The first-order valence-corrected chi connectivity index (χ1v) is 5.82. The highest BCUT2D eigenvalue weighted by molar-refractivity contribution is 9.10. The summed E-state index contributed by atoms with van der Waals surface area (Å²) >= 11 is 3.27. The first kappa shape index (κ1) is 12.7. The third-order valence-electron chi connectivity index (χ3n) is 2.01. The lowest BCUT2D eigenvalue weighted by atomic mass is 10.3. The highest BCUT2D eigenvalue weighted by Crippen LogP contribution is 2.09. The topological polar surface area (TPSA) is 33.2 Å². The zero-order valence-electron chi connectivity index (χ0n) is 9.11. The minimum absolute atomic E-state index is 0.118. The van der Waals surface area contributed by atoms with Crippen molar-refractivity contribution in [3.05, 3.63) is 28.5 Å². The molecule has 0 aliphatic carbocycles. The van der Waals surface area contributed by atoms with Gasteiger partial charge >= 0.3 is 0 Å². The molecule has 1 aromatic rings. The van der Waals surface area contributed by atoms with Crippen LogP contribution in [0, 0.1) is 12.3 Å². The van der Waals surface area contributed by atoms with Crippen LogP contribution in [0.1, 0.15) is 23.8 Å². The second kappa shape index (κ2) is 6.29. The summed E-state index contributed by atoms with van der Waals surface area (Å²) in [5, 5.41) is 0. The number of terminal acetylenes is 1. The van der Waals surface area contributed by atoms with Gasteiger partial charge in [-0.3, -0.25) is 4.79 Å². The van der Waals surface area contributed by atoms with Gasteiger partial charge in [0.05, 0.1) is 6.54 Å². The molecular formula is C12H13BrN2O. The van der Waals surface area contributed by atoms with E-state index in [1.54, 1.807) is 23.2 Å². The molecule has 0 atom stereocenters. The molecular weight excluding hydrogens is 268 g/mol. The zero-order chi connectivity index (χ0) is 12.0. The van der Waals surface area contributed by atoms with E-state index in [-0.39, 0.29) is 5.91 Å². The number of aromatic nitrogens is 1. The molecule has 1 amide bonds. The summed E-state index contributed by atoms with van der Waals surface area (Å²) in [5.74, 6) is 2.36. The van der Waals surface area contributed by atoms with Crippen molar-refractivity contribution in [2.45, 2.75) is 13.3 Å². The SMILES string of the molecule is C#CCN(CCC)C(=O)c1ccc(Br)cn1. The van der Waals surface area contributed by atoms with Crippen molar-refractivity contribution in [2.75, 3.05) is 13.1 Å². The Morgan fingerprint density at radius 3 is 2.88 bits per heavy atom. The van der Waals surface area contributed by atoms with Crippen molar-refractivity contribution >= 4 is 21.8 Å². The first-order chi connectivity index (χ1) is 7.69. The molecule has 0 aliphatic rings. The van der Waals surface area contributed by atoms with Gasteiger partial charge in [-0.05, 0) is 34.5 Å². The highest BCUT2D eigenvalue weighted by Gasteiger charge is 2.14. The Kier molecular flexibility index (Phi) is 5.00. The first-order valence-electron chi connectivity index (χ1n) is 5.03. The van der Waals surface area contributed by atoms with Crippen LogP contribution in [0.15, 0.2) is 22.8 Å². The van der Waals surface area contributed by atoms with E-state index in [1.165, 1.54) is 0 Å². The number of hydrogen-bond acceptors (Lipinski definition) is 2. The van der Waals surface area contributed by atoms with Gasteiger partial charge < -0.3 is 4.90 Å². The van der Waals surface area contributed by atoms with Crippen molar-refractivity contribution in [1.29, 1.82) is 0 Å². The lowest BCUT2D eigenvalue weighted by Crippen LogP contribution is -2.32. The van der Waals surface area contributed by atoms with E-state index in [0.29, 0.717) is 18.8 Å². The number of nitrogens with zero attached hydrogens (tertiary/aromatic N) is 2. The molecule has 0 N–H and O–H groups in total. The molecule has 0 aliphatic heterocycles. The van der Waals surface area contributed by atoms with Crippen LogP contribution < -0.4 is 0 Å². The van der Waals surface area contributed by atoms with Crippen molar-refractivity contribution in [3.8, 4) is 12.3 Å². The number of pyridine rings is 1. The molecule has 0 bridgehead atoms. The maximum atomic E-state index is 12.0. The van der Waals surface area contributed by atoms with Crippen LogP contribution in [0.4, 0.5) is 0 Å². The fourth-order valence-corrected chi connectivity index (χ4v) is 1.53. The van der Waals surface area contributed by atoms with E-state index >= 15 is 0 Å². The number of rotatable bonds is 4. The molecule has 0 spiro atoms. The predicted octanol–water partition coefficient (Wildman–Crippen LogP) is 2.33. The third kappa shape index (κ3) is 3.35. The molecule has 84 valence electrons. The van der Waals surface area contributed by atoms with Crippen LogP contribution in [0.5, 0.6) is 0 Å². The van der Waals surface area contributed by atoms with E-state index < -0.39 is 0 Å². The average molecular weight is 281 g/mol. The molecule has 3 nitrogen and oxygen atoms in total. The molecule has 0 radical (unpaired) electrons. The van der Waals surface area contributed by atoms with Gasteiger partial charge in [-0.25, -0.2) is 4.98 Å². The van der Waals surface area contributed by atoms with Gasteiger partial charge in [0.25, 0.3) is 5.91 Å². The monoisotopic (exact) mass is 280 g/mol. The fourth-order valence-electron chi connectivity index (χ4n) is 1.30. The highest BCUT2D eigenvalue weighted by atomic mass is 79.9.